The van der Waals surface area contributed by atoms with Crippen molar-refractivity contribution in [1.82, 2.24) is 15.1 Å². The molecule has 0 aromatic heterocycles. The van der Waals surface area contributed by atoms with Gasteiger partial charge in [0.25, 0.3) is 0 Å². The van der Waals surface area contributed by atoms with Crippen molar-refractivity contribution >= 4 is 0 Å². The summed E-state index contributed by atoms with van der Waals surface area (Å²) in [6, 6.07) is 0.663. The van der Waals surface area contributed by atoms with E-state index in [1.54, 1.807) is 0 Å². The van der Waals surface area contributed by atoms with Gasteiger partial charge < -0.3 is 20.2 Å². The molecule has 1 fully saturated rings. The zero-order chi connectivity index (χ0) is 15.0. The van der Waals surface area contributed by atoms with E-state index in [1.165, 1.54) is 26.1 Å². The van der Waals surface area contributed by atoms with E-state index in [4.69, 9.17) is 0 Å². The van der Waals surface area contributed by atoms with Crippen molar-refractivity contribution in [2.75, 3.05) is 46.4 Å². The second-order valence-corrected chi connectivity index (χ2v) is 6.45. The molecular weight excluding hydrogens is 250 g/mol. The monoisotopic (exact) mass is 285 g/mol. The highest BCUT2D eigenvalue weighted by Crippen LogP contribution is 2.18. The lowest BCUT2D eigenvalue weighted by Crippen LogP contribution is -2.51. The van der Waals surface area contributed by atoms with E-state index >= 15 is 0 Å². The molecule has 1 rings (SSSR count). The minimum Gasteiger partial charge on any atom is -0.394 e. The van der Waals surface area contributed by atoms with Crippen LogP contribution in [-0.4, -0.2) is 72.9 Å². The van der Waals surface area contributed by atoms with Crippen LogP contribution < -0.4 is 5.32 Å². The van der Waals surface area contributed by atoms with Gasteiger partial charge in [0.1, 0.15) is 0 Å². The van der Waals surface area contributed by atoms with Crippen molar-refractivity contribution in [3.05, 3.63) is 0 Å². The Labute approximate surface area is 125 Å². The highest BCUT2D eigenvalue weighted by molar-refractivity contribution is 4.86. The van der Waals surface area contributed by atoms with E-state index in [2.05, 4.69) is 42.9 Å². The first-order chi connectivity index (χ1) is 9.56. The predicted octanol–water partition coefficient (Wildman–Crippen LogP) is 1.54. The van der Waals surface area contributed by atoms with Crippen LogP contribution in [0.1, 0.15) is 46.5 Å². The molecule has 0 aliphatic carbocycles. The zero-order valence-electron chi connectivity index (χ0n) is 14.0. The van der Waals surface area contributed by atoms with Gasteiger partial charge in [-0.25, -0.2) is 0 Å². The lowest BCUT2D eigenvalue weighted by atomic mass is 9.91. The molecule has 1 saturated heterocycles. The maximum absolute atomic E-state index is 9.73. The minimum atomic E-state index is -0.0613. The maximum Gasteiger partial charge on any atom is 0.0613 e. The average molecular weight is 285 g/mol. The van der Waals surface area contributed by atoms with Gasteiger partial charge in [0.15, 0.2) is 0 Å². The van der Waals surface area contributed by atoms with Crippen LogP contribution in [0, 0.1) is 0 Å². The van der Waals surface area contributed by atoms with Crippen LogP contribution in [0.5, 0.6) is 0 Å². The molecule has 0 spiro atoms. The van der Waals surface area contributed by atoms with Gasteiger partial charge in [0, 0.05) is 31.2 Å². The predicted molar refractivity (Wildman–Crippen MR) is 86.2 cm³/mol. The molecule has 0 aromatic rings. The lowest BCUT2D eigenvalue weighted by molar-refractivity contribution is 0.0950. The first kappa shape index (κ1) is 17.9. The standard InChI is InChI=1S/C16H35N3O/c1-5-9-17-16(6-2,14-20)8-7-10-19-12-11-18(4)15(3)13-19/h15,17,20H,5-14H2,1-4H3. The topological polar surface area (TPSA) is 38.7 Å². The number of aliphatic hydroxyl groups excluding tert-OH is 1. The van der Waals surface area contributed by atoms with Crippen molar-refractivity contribution in [2.45, 2.75) is 58.0 Å². The van der Waals surface area contributed by atoms with E-state index in [9.17, 15) is 5.11 Å². The van der Waals surface area contributed by atoms with Crippen molar-refractivity contribution in [2.24, 2.45) is 0 Å². The molecule has 0 saturated carbocycles. The molecule has 0 radical (unpaired) electrons. The molecule has 2 N–H and O–H groups in total. The number of hydrogen-bond donors (Lipinski definition) is 2. The van der Waals surface area contributed by atoms with E-state index in [0.29, 0.717) is 6.04 Å². The Morgan fingerprint density at radius 1 is 1.30 bits per heavy atom. The molecule has 0 bridgehead atoms. The minimum absolute atomic E-state index is 0.0613. The van der Waals surface area contributed by atoms with E-state index < -0.39 is 0 Å². The number of piperazine rings is 1. The third kappa shape index (κ3) is 5.32. The fourth-order valence-corrected chi connectivity index (χ4v) is 3.00. The van der Waals surface area contributed by atoms with Gasteiger partial charge >= 0.3 is 0 Å². The Morgan fingerprint density at radius 3 is 2.60 bits per heavy atom. The smallest absolute Gasteiger partial charge is 0.0613 e. The van der Waals surface area contributed by atoms with Gasteiger partial charge in [0.2, 0.25) is 0 Å². The van der Waals surface area contributed by atoms with Crippen LogP contribution in [0.2, 0.25) is 0 Å². The lowest BCUT2D eigenvalue weighted by Gasteiger charge is -2.38. The summed E-state index contributed by atoms with van der Waals surface area (Å²) in [6.07, 6.45) is 4.36. The van der Waals surface area contributed by atoms with Crippen LogP contribution in [0.3, 0.4) is 0 Å². The molecule has 4 heteroatoms. The number of likely N-dealkylation sites (N-methyl/N-ethyl adjacent to an activating group) is 1. The summed E-state index contributed by atoms with van der Waals surface area (Å²) in [7, 11) is 2.21. The quantitative estimate of drug-likeness (QED) is 0.674. The van der Waals surface area contributed by atoms with Gasteiger partial charge in [-0.3, -0.25) is 0 Å². The largest absolute Gasteiger partial charge is 0.394 e. The number of aliphatic hydroxyl groups is 1. The summed E-state index contributed by atoms with van der Waals surface area (Å²) < 4.78 is 0. The molecule has 120 valence electrons. The molecule has 20 heavy (non-hydrogen) atoms. The first-order valence-corrected chi connectivity index (χ1v) is 8.35. The molecule has 2 atom stereocenters. The average Bonchev–Trinajstić information content (AvgIpc) is 2.47. The highest BCUT2D eigenvalue weighted by Gasteiger charge is 2.27. The van der Waals surface area contributed by atoms with E-state index in [-0.39, 0.29) is 12.1 Å². The molecular formula is C16H35N3O. The summed E-state index contributed by atoms with van der Waals surface area (Å²) in [5.41, 5.74) is -0.0613. The summed E-state index contributed by atoms with van der Waals surface area (Å²) in [4.78, 5) is 5.01. The number of rotatable bonds is 9. The summed E-state index contributed by atoms with van der Waals surface area (Å²) in [5.74, 6) is 0. The summed E-state index contributed by atoms with van der Waals surface area (Å²) in [5, 5.41) is 13.3. The van der Waals surface area contributed by atoms with Gasteiger partial charge in [-0.1, -0.05) is 13.8 Å². The Balaban J connectivity index is 2.33. The fraction of sp³-hybridized carbons (Fsp3) is 1.00. The molecule has 2 unspecified atom stereocenters. The molecule has 1 heterocycles. The Bertz CT molecular complexity index is 256. The first-order valence-electron chi connectivity index (χ1n) is 8.35. The van der Waals surface area contributed by atoms with Crippen LogP contribution >= 0.6 is 0 Å². The molecule has 1 aliphatic rings. The summed E-state index contributed by atoms with van der Waals surface area (Å²) in [6.45, 7) is 12.6. The second kappa shape index (κ2) is 8.98. The van der Waals surface area contributed by atoms with Gasteiger partial charge in [-0.05, 0) is 52.7 Å². The van der Waals surface area contributed by atoms with Gasteiger partial charge in [-0.15, -0.1) is 0 Å². The SMILES string of the molecule is CCCNC(CC)(CO)CCCN1CCN(C)C(C)C1. The van der Waals surface area contributed by atoms with Crippen molar-refractivity contribution in [1.29, 1.82) is 0 Å². The van der Waals surface area contributed by atoms with Crippen LogP contribution in [-0.2, 0) is 0 Å². The van der Waals surface area contributed by atoms with Gasteiger partial charge in [0.05, 0.1) is 6.61 Å². The van der Waals surface area contributed by atoms with Crippen molar-refractivity contribution in [3.8, 4) is 0 Å². The maximum atomic E-state index is 9.73. The number of nitrogens with zero attached hydrogens (tertiary/aromatic N) is 2. The summed E-state index contributed by atoms with van der Waals surface area (Å²) >= 11 is 0. The van der Waals surface area contributed by atoms with E-state index in [0.717, 1.165) is 32.4 Å². The highest BCUT2D eigenvalue weighted by atomic mass is 16.3. The Morgan fingerprint density at radius 2 is 2.05 bits per heavy atom. The zero-order valence-corrected chi connectivity index (χ0v) is 14.0. The second-order valence-electron chi connectivity index (χ2n) is 6.45. The third-order valence-electron chi connectivity index (χ3n) is 4.90. The molecule has 1 aliphatic heterocycles. The van der Waals surface area contributed by atoms with Crippen molar-refractivity contribution < 1.29 is 5.11 Å². The van der Waals surface area contributed by atoms with Gasteiger partial charge in [-0.2, -0.15) is 0 Å². The van der Waals surface area contributed by atoms with Crippen LogP contribution in [0.25, 0.3) is 0 Å². The van der Waals surface area contributed by atoms with E-state index in [1.807, 2.05) is 0 Å². The Hall–Kier alpha value is -0.160. The van der Waals surface area contributed by atoms with Crippen LogP contribution in [0.15, 0.2) is 0 Å². The van der Waals surface area contributed by atoms with Crippen molar-refractivity contribution in [3.63, 3.8) is 0 Å². The normalized spacial score (nSPS) is 24.8. The molecule has 0 aromatic carbocycles. The fourth-order valence-electron chi connectivity index (χ4n) is 3.00. The number of hydrogen-bond acceptors (Lipinski definition) is 4. The third-order valence-corrected chi connectivity index (χ3v) is 4.90. The van der Waals surface area contributed by atoms with Crippen LogP contribution in [0.4, 0.5) is 0 Å². The molecule has 0 amide bonds. The molecule has 4 nitrogen and oxygen atoms in total. The number of nitrogens with one attached hydrogen (secondary N) is 1. The Kier molecular flexibility index (Phi) is 8.03.